The van der Waals surface area contributed by atoms with Crippen LogP contribution in [0.5, 0.6) is 0 Å². The molecule has 0 spiro atoms. The summed E-state index contributed by atoms with van der Waals surface area (Å²) in [6.45, 7) is 4.36. The number of aromatic nitrogens is 1. The molecule has 22 heavy (non-hydrogen) atoms. The summed E-state index contributed by atoms with van der Waals surface area (Å²) in [6.07, 6.45) is 5.02. The Kier molecular flexibility index (Phi) is 5.39. The zero-order valence-corrected chi connectivity index (χ0v) is 13.9. The molecule has 7 heteroatoms. The second-order valence-electron chi connectivity index (χ2n) is 5.96. The minimum Gasteiger partial charge on any atom is -0.357 e. The number of amides is 1. The normalized spacial score (nSPS) is 16.5. The van der Waals surface area contributed by atoms with Crippen LogP contribution in [-0.4, -0.2) is 51.0 Å². The van der Waals surface area contributed by atoms with Gasteiger partial charge in [0.2, 0.25) is 0 Å². The number of anilines is 1. The molecule has 0 bridgehead atoms. The second-order valence-corrected chi connectivity index (χ2v) is 8.22. The molecule has 1 fully saturated rings. The highest BCUT2D eigenvalue weighted by Gasteiger charge is 2.17. The molecule has 1 aliphatic rings. The van der Waals surface area contributed by atoms with E-state index in [1.165, 1.54) is 0 Å². The van der Waals surface area contributed by atoms with Gasteiger partial charge in [0.1, 0.15) is 15.7 Å². The number of carbonyl (C=O) groups excluding carboxylic acids is 1. The van der Waals surface area contributed by atoms with Crippen molar-refractivity contribution in [3.05, 3.63) is 23.9 Å². The van der Waals surface area contributed by atoms with Crippen molar-refractivity contribution < 1.29 is 13.2 Å². The summed E-state index contributed by atoms with van der Waals surface area (Å²) in [5, 5.41) is 2.59. The molecular weight excluding hydrogens is 302 g/mol. The summed E-state index contributed by atoms with van der Waals surface area (Å²) in [5.41, 5.74) is 0.447. The van der Waals surface area contributed by atoms with Crippen LogP contribution in [-0.2, 0) is 9.84 Å². The van der Waals surface area contributed by atoms with Gasteiger partial charge >= 0.3 is 0 Å². The van der Waals surface area contributed by atoms with Gasteiger partial charge in [0.05, 0.1) is 11.3 Å². The Balaban J connectivity index is 1.89. The number of carbonyl (C=O) groups is 1. The summed E-state index contributed by atoms with van der Waals surface area (Å²) >= 11 is 0. The number of piperidine rings is 1. The van der Waals surface area contributed by atoms with E-state index in [1.54, 1.807) is 12.3 Å². The number of pyridine rings is 1. The topological polar surface area (TPSA) is 79.4 Å². The molecule has 1 aliphatic heterocycles. The SMILES string of the molecule is CC1CCN(c2ccc(C(=O)NCCS(C)(=O)=O)cn2)CC1. The summed E-state index contributed by atoms with van der Waals surface area (Å²) in [6, 6.07) is 3.58. The van der Waals surface area contributed by atoms with E-state index in [0.29, 0.717) is 5.56 Å². The first-order chi connectivity index (χ1) is 10.3. The van der Waals surface area contributed by atoms with E-state index < -0.39 is 9.84 Å². The molecule has 1 aromatic rings. The van der Waals surface area contributed by atoms with E-state index in [9.17, 15) is 13.2 Å². The van der Waals surface area contributed by atoms with Gasteiger partial charge in [0.15, 0.2) is 0 Å². The van der Waals surface area contributed by atoms with Crippen LogP contribution in [0, 0.1) is 5.92 Å². The van der Waals surface area contributed by atoms with Crippen molar-refractivity contribution in [3.8, 4) is 0 Å². The van der Waals surface area contributed by atoms with Crippen LogP contribution >= 0.6 is 0 Å². The Morgan fingerprint density at radius 3 is 2.59 bits per heavy atom. The van der Waals surface area contributed by atoms with Crippen molar-refractivity contribution in [2.45, 2.75) is 19.8 Å². The molecule has 122 valence electrons. The maximum atomic E-state index is 11.9. The highest BCUT2D eigenvalue weighted by atomic mass is 32.2. The van der Waals surface area contributed by atoms with Gasteiger partial charge in [-0.05, 0) is 30.9 Å². The smallest absolute Gasteiger partial charge is 0.252 e. The van der Waals surface area contributed by atoms with Crippen LogP contribution in [0.2, 0.25) is 0 Å². The molecule has 2 heterocycles. The molecule has 2 rings (SSSR count). The fourth-order valence-corrected chi connectivity index (χ4v) is 2.87. The van der Waals surface area contributed by atoms with E-state index in [1.807, 2.05) is 6.07 Å². The van der Waals surface area contributed by atoms with Gasteiger partial charge < -0.3 is 10.2 Å². The quantitative estimate of drug-likeness (QED) is 0.877. The Bertz CT molecular complexity index is 605. The third-order valence-corrected chi connectivity index (χ3v) is 4.82. The lowest BCUT2D eigenvalue weighted by Crippen LogP contribution is -2.33. The number of hydrogen-bond acceptors (Lipinski definition) is 5. The molecule has 0 radical (unpaired) electrons. The van der Waals surface area contributed by atoms with E-state index in [4.69, 9.17) is 0 Å². The third kappa shape index (κ3) is 4.98. The molecule has 1 saturated heterocycles. The number of nitrogens with one attached hydrogen (secondary N) is 1. The van der Waals surface area contributed by atoms with Crippen molar-refractivity contribution in [1.29, 1.82) is 0 Å². The van der Waals surface area contributed by atoms with Gasteiger partial charge in [-0.25, -0.2) is 13.4 Å². The number of nitrogens with zero attached hydrogens (tertiary/aromatic N) is 2. The maximum Gasteiger partial charge on any atom is 0.252 e. The van der Waals surface area contributed by atoms with Gasteiger partial charge in [0.25, 0.3) is 5.91 Å². The van der Waals surface area contributed by atoms with Crippen LogP contribution in [0.25, 0.3) is 0 Å². The summed E-state index contributed by atoms with van der Waals surface area (Å²) in [7, 11) is -3.06. The predicted molar refractivity (Wildman–Crippen MR) is 86.9 cm³/mol. The lowest BCUT2D eigenvalue weighted by atomic mass is 9.99. The molecule has 0 unspecified atom stereocenters. The molecule has 1 N–H and O–H groups in total. The van der Waals surface area contributed by atoms with Gasteiger partial charge in [-0.1, -0.05) is 6.92 Å². The fraction of sp³-hybridized carbons (Fsp3) is 0.600. The Hall–Kier alpha value is -1.63. The number of hydrogen-bond donors (Lipinski definition) is 1. The molecule has 1 aromatic heterocycles. The average Bonchev–Trinajstić information content (AvgIpc) is 2.47. The molecule has 6 nitrogen and oxygen atoms in total. The predicted octanol–water partition coefficient (Wildman–Crippen LogP) is 1.09. The molecule has 0 aliphatic carbocycles. The summed E-state index contributed by atoms with van der Waals surface area (Å²) in [5.74, 6) is 1.29. The van der Waals surface area contributed by atoms with Gasteiger partial charge in [-0.2, -0.15) is 0 Å². The Morgan fingerprint density at radius 1 is 1.36 bits per heavy atom. The van der Waals surface area contributed by atoms with Crippen LogP contribution in [0.1, 0.15) is 30.1 Å². The van der Waals surface area contributed by atoms with Crippen molar-refractivity contribution in [2.75, 3.05) is 36.5 Å². The maximum absolute atomic E-state index is 11.9. The number of rotatable bonds is 5. The first-order valence-electron chi connectivity index (χ1n) is 7.52. The van der Waals surface area contributed by atoms with Crippen molar-refractivity contribution >= 4 is 21.6 Å². The first kappa shape index (κ1) is 16.7. The second kappa shape index (κ2) is 7.09. The molecule has 0 aromatic carbocycles. The molecule has 1 amide bonds. The van der Waals surface area contributed by atoms with Crippen molar-refractivity contribution in [3.63, 3.8) is 0 Å². The number of sulfone groups is 1. The van der Waals surface area contributed by atoms with Crippen LogP contribution in [0.15, 0.2) is 18.3 Å². The zero-order valence-electron chi connectivity index (χ0n) is 13.1. The summed E-state index contributed by atoms with van der Waals surface area (Å²) < 4.78 is 22.0. The van der Waals surface area contributed by atoms with Crippen LogP contribution < -0.4 is 10.2 Å². The lowest BCUT2D eigenvalue weighted by Gasteiger charge is -2.31. The zero-order chi connectivity index (χ0) is 16.2. The van der Waals surface area contributed by atoms with Gasteiger partial charge in [-0.3, -0.25) is 4.79 Å². The highest BCUT2D eigenvalue weighted by molar-refractivity contribution is 7.90. The Labute approximate surface area is 131 Å². The van der Waals surface area contributed by atoms with E-state index in [2.05, 4.69) is 22.1 Å². The van der Waals surface area contributed by atoms with Crippen molar-refractivity contribution in [2.24, 2.45) is 5.92 Å². The fourth-order valence-electron chi connectivity index (χ4n) is 2.40. The van der Waals surface area contributed by atoms with Crippen LogP contribution in [0.4, 0.5) is 5.82 Å². The van der Waals surface area contributed by atoms with E-state index in [-0.39, 0.29) is 18.2 Å². The molecule has 0 atom stereocenters. The molecular formula is C15H23N3O3S. The average molecular weight is 325 g/mol. The van der Waals surface area contributed by atoms with Gasteiger partial charge in [0, 0.05) is 32.1 Å². The minimum absolute atomic E-state index is 0.0593. The van der Waals surface area contributed by atoms with E-state index in [0.717, 1.165) is 43.9 Å². The summed E-state index contributed by atoms with van der Waals surface area (Å²) in [4.78, 5) is 18.5. The largest absolute Gasteiger partial charge is 0.357 e. The highest BCUT2D eigenvalue weighted by Crippen LogP contribution is 2.21. The van der Waals surface area contributed by atoms with E-state index >= 15 is 0 Å². The molecule has 0 saturated carbocycles. The minimum atomic E-state index is -3.06. The third-order valence-electron chi connectivity index (χ3n) is 3.88. The first-order valence-corrected chi connectivity index (χ1v) is 9.58. The Morgan fingerprint density at radius 2 is 2.05 bits per heavy atom. The van der Waals surface area contributed by atoms with Crippen LogP contribution in [0.3, 0.4) is 0 Å². The van der Waals surface area contributed by atoms with Gasteiger partial charge in [-0.15, -0.1) is 0 Å². The monoisotopic (exact) mass is 325 g/mol. The lowest BCUT2D eigenvalue weighted by molar-refractivity contribution is 0.0956. The van der Waals surface area contributed by atoms with Crippen molar-refractivity contribution in [1.82, 2.24) is 10.3 Å². The standard InChI is InChI=1S/C15H23N3O3S/c1-12-5-8-18(9-6-12)14-4-3-13(11-17-14)15(19)16-7-10-22(2,20)21/h3-4,11-12H,5-10H2,1-2H3,(H,16,19).